The molecule has 0 unspecified atom stereocenters. The Labute approximate surface area is 204 Å². The first-order chi connectivity index (χ1) is 13.8. The van der Waals surface area contributed by atoms with Crippen molar-refractivity contribution in [3.8, 4) is 11.3 Å². The highest BCUT2D eigenvalue weighted by Crippen LogP contribution is 2.31. The van der Waals surface area contributed by atoms with Crippen molar-refractivity contribution >= 4 is 96.7 Å². The zero-order valence-corrected chi connectivity index (χ0v) is 20.6. The van der Waals surface area contributed by atoms with Gasteiger partial charge in [-0.25, -0.2) is 0 Å². The highest BCUT2D eigenvalue weighted by atomic mass is 127. The number of thiocarbonyl (C=S) groups is 1. The molecular weight excluding hydrogens is 610 g/mol. The molecule has 1 amide bonds. The zero-order valence-electron chi connectivity index (χ0n) is 14.5. The van der Waals surface area contributed by atoms with Gasteiger partial charge in [0.2, 0.25) is 5.91 Å². The third-order valence-corrected chi connectivity index (χ3v) is 5.78. The lowest BCUT2D eigenvalue weighted by molar-refractivity contribution is -0.115. The second kappa shape index (κ2) is 10.1. The highest BCUT2D eigenvalue weighted by Gasteiger charge is 2.09. The van der Waals surface area contributed by atoms with Crippen molar-refractivity contribution in [1.82, 2.24) is 5.32 Å². The summed E-state index contributed by atoms with van der Waals surface area (Å²) in [5.74, 6) is 0.702. The number of amides is 1. The summed E-state index contributed by atoms with van der Waals surface area (Å²) in [5, 5.41) is 6.82. The van der Waals surface area contributed by atoms with Gasteiger partial charge in [0, 0.05) is 24.7 Å². The van der Waals surface area contributed by atoms with Gasteiger partial charge in [0.1, 0.15) is 11.5 Å². The summed E-state index contributed by atoms with van der Waals surface area (Å²) in [6.45, 7) is 0. The van der Waals surface area contributed by atoms with Crippen molar-refractivity contribution in [2.24, 2.45) is 0 Å². The number of anilines is 1. The molecule has 0 aliphatic rings. The topological polar surface area (TPSA) is 54.3 Å². The van der Waals surface area contributed by atoms with Crippen molar-refractivity contribution < 1.29 is 9.21 Å². The maximum atomic E-state index is 12.1. The number of nitrogens with one attached hydrogen (secondary N) is 2. The lowest BCUT2D eigenvalue weighted by atomic mass is 10.2. The fraction of sp³-hybridized carbons (Fsp3) is 0. The van der Waals surface area contributed by atoms with Crippen LogP contribution in [-0.4, -0.2) is 11.0 Å². The molecule has 2 N–H and O–H groups in total. The van der Waals surface area contributed by atoms with Crippen molar-refractivity contribution in [2.75, 3.05) is 5.32 Å². The van der Waals surface area contributed by atoms with Gasteiger partial charge in [-0.3, -0.25) is 10.1 Å². The van der Waals surface area contributed by atoms with E-state index in [0.717, 1.165) is 19.3 Å². The normalized spacial score (nSPS) is 10.9. The van der Waals surface area contributed by atoms with Gasteiger partial charge >= 0.3 is 0 Å². The van der Waals surface area contributed by atoms with E-state index in [1.807, 2.05) is 18.2 Å². The van der Waals surface area contributed by atoms with Gasteiger partial charge in [-0.05, 0) is 89.4 Å². The third kappa shape index (κ3) is 6.29. The minimum absolute atomic E-state index is 0.202. The van der Waals surface area contributed by atoms with E-state index >= 15 is 0 Å². The Hall–Kier alpha value is -1.39. The number of furan rings is 1. The Morgan fingerprint density at radius 2 is 1.93 bits per heavy atom. The summed E-state index contributed by atoms with van der Waals surface area (Å²) in [5.41, 5.74) is 1.52. The van der Waals surface area contributed by atoms with E-state index in [1.165, 1.54) is 6.08 Å². The fourth-order valence-electron chi connectivity index (χ4n) is 2.33. The molecule has 3 aromatic rings. The van der Waals surface area contributed by atoms with Crippen molar-refractivity contribution in [3.63, 3.8) is 0 Å². The maximum absolute atomic E-state index is 12.1. The summed E-state index contributed by atoms with van der Waals surface area (Å²) in [7, 11) is 0. The van der Waals surface area contributed by atoms with Crippen molar-refractivity contribution in [2.45, 2.75) is 0 Å². The summed E-state index contributed by atoms with van der Waals surface area (Å²) in [6, 6.07) is 14.4. The molecule has 0 spiro atoms. The first-order valence-corrected chi connectivity index (χ1v) is 11.2. The van der Waals surface area contributed by atoms with E-state index in [1.54, 1.807) is 36.4 Å². The van der Waals surface area contributed by atoms with Crippen LogP contribution in [0.3, 0.4) is 0 Å². The van der Waals surface area contributed by atoms with Crippen LogP contribution in [0.2, 0.25) is 10.0 Å². The molecule has 0 aliphatic carbocycles. The molecule has 0 aliphatic heterocycles. The molecular formula is C20H12BrCl2IN2O2S. The lowest BCUT2D eigenvalue weighted by Crippen LogP contribution is -2.33. The Morgan fingerprint density at radius 1 is 1.14 bits per heavy atom. The van der Waals surface area contributed by atoms with E-state index < -0.39 is 0 Å². The molecule has 2 aromatic carbocycles. The third-order valence-electron chi connectivity index (χ3n) is 3.64. The Morgan fingerprint density at radius 3 is 2.66 bits per heavy atom. The standard InChI is InChI=1S/C20H12BrCl2IN2O2S/c21-11-1-6-17(16(24)9-11)25-20(29)26-19(27)8-4-13-3-7-18(28-13)14-5-2-12(22)10-15(14)23/h1-10H,(H2,25,26,27,29). The molecule has 29 heavy (non-hydrogen) atoms. The quantitative estimate of drug-likeness (QED) is 0.185. The van der Waals surface area contributed by atoms with E-state index in [0.29, 0.717) is 21.6 Å². The molecule has 9 heteroatoms. The van der Waals surface area contributed by atoms with Crippen LogP contribution in [-0.2, 0) is 4.79 Å². The van der Waals surface area contributed by atoms with Crippen LogP contribution in [0.15, 0.2) is 63.5 Å². The summed E-state index contributed by atoms with van der Waals surface area (Å²) in [4.78, 5) is 12.1. The van der Waals surface area contributed by atoms with E-state index in [4.69, 9.17) is 39.8 Å². The maximum Gasteiger partial charge on any atom is 0.250 e. The summed E-state index contributed by atoms with van der Waals surface area (Å²) in [6.07, 6.45) is 2.89. The van der Waals surface area contributed by atoms with Gasteiger partial charge in [0.15, 0.2) is 5.11 Å². The van der Waals surface area contributed by atoms with E-state index in [2.05, 4.69) is 49.2 Å². The van der Waals surface area contributed by atoms with Crippen molar-refractivity contribution in [1.29, 1.82) is 0 Å². The van der Waals surface area contributed by atoms with Gasteiger partial charge in [0.25, 0.3) is 0 Å². The van der Waals surface area contributed by atoms with Crippen LogP contribution in [0.5, 0.6) is 0 Å². The van der Waals surface area contributed by atoms with Crippen molar-refractivity contribution in [3.05, 3.63) is 78.5 Å². The Balaban J connectivity index is 1.60. The van der Waals surface area contributed by atoms with Gasteiger partial charge in [0.05, 0.1) is 10.7 Å². The number of halogens is 4. The molecule has 0 radical (unpaired) electrons. The van der Waals surface area contributed by atoms with Crippen LogP contribution in [0.1, 0.15) is 5.76 Å². The number of hydrogen-bond donors (Lipinski definition) is 2. The van der Waals surface area contributed by atoms with E-state index in [-0.39, 0.29) is 11.0 Å². The lowest BCUT2D eigenvalue weighted by Gasteiger charge is -2.10. The van der Waals surface area contributed by atoms with Gasteiger partial charge < -0.3 is 9.73 Å². The van der Waals surface area contributed by atoms with Crippen LogP contribution in [0, 0.1) is 3.57 Å². The molecule has 1 aromatic heterocycles. The second-order valence-electron chi connectivity index (χ2n) is 5.73. The van der Waals surface area contributed by atoms with E-state index in [9.17, 15) is 4.79 Å². The Bertz CT molecular complexity index is 1120. The number of carbonyl (C=O) groups is 1. The second-order valence-corrected chi connectivity index (χ2v) is 9.06. The molecule has 0 fully saturated rings. The summed E-state index contributed by atoms with van der Waals surface area (Å²) >= 11 is 22.9. The molecule has 1 heterocycles. The average molecular weight is 622 g/mol. The molecule has 3 rings (SSSR count). The predicted octanol–water partition coefficient (Wildman–Crippen LogP) is 7.15. The zero-order chi connectivity index (χ0) is 21.0. The minimum atomic E-state index is -0.378. The monoisotopic (exact) mass is 620 g/mol. The molecule has 148 valence electrons. The summed E-state index contributed by atoms with van der Waals surface area (Å²) < 4.78 is 7.65. The van der Waals surface area contributed by atoms with Crippen LogP contribution in [0.4, 0.5) is 5.69 Å². The van der Waals surface area contributed by atoms with Crippen LogP contribution >= 0.6 is 73.9 Å². The first-order valence-electron chi connectivity index (χ1n) is 8.12. The number of rotatable bonds is 4. The predicted molar refractivity (Wildman–Crippen MR) is 134 cm³/mol. The number of benzene rings is 2. The van der Waals surface area contributed by atoms with Gasteiger partial charge in [-0.15, -0.1) is 0 Å². The smallest absolute Gasteiger partial charge is 0.250 e. The SMILES string of the molecule is O=C(C=Cc1ccc(-c2ccc(Cl)cc2Cl)o1)NC(=S)Nc1ccc(Br)cc1I. The Kier molecular flexibility index (Phi) is 7.75. The average Bonchev–Trinajstić information content (AvgIpc) is 3.11. The minimum Gasteiger partial charge on any atom is -0.457 e. The largest absolute Gasteiger partial charge is 0.457 e. The van der Waals surface area contributed by atoms with Crippen LogP contribution in [0.25, 0.3) is 17.4 Å². The van der Waals surface area contributed by atoms with Gasteiger partial charge in [-0.2, -0.15) is 0 Å². The molecule has 0 bridgehead atoms. The molecule has 4 nitrogen and oxygen atoms in total. The molecule has 0 saturated heterocycles. The van der Waals surface area contributed by atoms with Gasteiger partial charge in [-0.1, -0.05) is 39.1 Å². The fourth-order valence-corrected chi connectivity index (χ4v) is 4.48. The molecule has 0 atom stereocenters. The van der Waals surface area contributed by atoms with Crippen LogP contribution < -0.4 is 10.6 Å². The number of hydrogen-bond acceptors (Lipinski definition) is 3. The number of carbonyl (C=O) groups excluding carboxylic acids is 1. The first kappa shape index (κ1) is 22.3. The highest BCUT2D eigenvalue weighted by molar-refractivity contribution is 14.1. The molecule has 0 saturated carbocycles.